The van der Waals surface area contributed by atoms with Crippen molar-refractivity contribution in [1.82, 2.24) is 10.3 Å². The van der Waals surface area contributed by atoms with Crippen LogP contribution in [0.25, 0.3) is 0 Å². The van der Waals surface area contributed by atoms with E-state index in [1.54, 1.807) is 12.3 Å². The molecule has 1 rings (SSSR count). The van der Waals surface area contributed by atoms with Gasteiger partial charge in [0.2, 0.25) is 0 Å². The molecule has 0 atom stereocenters. The minimum Gasteiger partial charge on any atom is -0.384 e. The lowest BCUT2D eigenvalue weighted by Gasteiger charge is -1.95. The molecule has 0 aliphatic rings. The first-order valence-corrected chi connectivity index (χ1v) is 4.16. The van der Waals surface area contributed by atoms with Crippen molar-refractivity contribution in [3.63, 3.8) is 0 Å². The number of nitrogens with one attached hydrogen (secondary N) is 1. The van der Waals surface area contributed by atoms with Crippen molar-refractivity contribution in [2.45, 2.75) is 0 Å². The largest absolute Gasteiger partial charge is 0.384 e. The maximum absolute atomic E-state index is 5.87. The highest BCUT2D eigenvalue weighted by atomic mass is 35.5. The molecule has 0 unspecified atom stereocenters. The molecule has 1 aromatic heterocycles. The van der Waals surface area contributed by atoms with Gasteiger partial charge in [-0.2, -0.15) is 0 Å². The first-order chi connectivity index (χ1) is 6.24. The highest BCUT2D eigenvalue weighted by Crippen LogP contribution is 2.15. The lowest BCUT2D eigenvalue weighted by atomic mass is 10.3. The van der Waals surface area contributed by atoms with Gasteiger partial charge in [0.1, 0.15) is 5.82 Å². The van der Waals surface area contributed by atoms with Gasteiger partial charge in [-0.05, 0) is 7.05 Å². The molecule has 0 aromatic carbocycles. The summed E-state index contributed by atoms with van der Waals surface area (Å²) < 4.78 is 0. The number of nitrogens with zero attached hydrogens (tertiary/aromatic N) is 1. The molecule has 68 valence electrons. The van der Waals surface area contributed by atoms with E-state index in [4.69, 9.17) is 17.3 Å². The van der Waals surface area contributed by atoms with Crippen LogP contribution in [0, 0.1) is 11.8 Å². The summed E-state index contributed by atoms with van der Waals surface area (Å²) in [5, 5.41) is 3.45. The van der Waals surface area contributed by atoms with Crippen LogP contribution in [-0.2, 0) is 0 Å². The first kappa shape index (κ1) is 9.85. The van der Waals surface area contributed by atoms with E-state index in [-0.39, 0.29) is 0 Å². The smallest absolute Gasteiger partial charge is 0.124 e. The molecular formula is C9H10ClN3. The number of anilines is 1. The summed E-state index contributed by atoms with van der Waals surface area (Å²) in [5.74, 6) is 6.17. The summed E-state index contributed by atoms with van der Waals surface area (Å²) in [6, 6.07) is 1.59. The molecule has 0 fully saturated rings. The Morgan fingerprint density at radius 3 is 3.08 bits per heavy atom. The van der Waals surface area contributed by atoms with Crippen LogP contribution in [0.5, 0.6) is 0 Å². The average Bonchev–Trinajstić information content (AvgIpc) is 2.09. The van der Waals surface area contributed by atoms with Crippen LogP contribution in [-0.4, -0.2) is 18.6 Å². The van der Waals surface area contributed by atoms with Gasteiger partial charge in [0.25, 0.3) is 0 Å². The number of nitrogens with two attached hydrogens (primary N) is 1. The van der Waals surface area contributed by atoms with Crippen molar-refractivity contribution in [3.05, 3.63) is 22.8 Å². The molecule has 3 nitrogen and oxygen atoms in total. The normalized spacial score (nSPS) is 9.08. The molecule has 3 N–H and O–H groups in total. The number of halogens is 1. The number of nitrogen functional groups attached to an aromatic ring is 1. The Kier molecular flexibility index (Phi) is 3.56. The van der Waals surface area contributed by atoms with Gasteiger partial charge in [-0.15, -0.1) is 0 Å². The molecule has 4 heteroatoms. The van der Waals surface area contributed by atoms with Gasteiger partial charge in [-0.25, -0.2) is 4.98 Å². The zero-order valence-electron chi connectivity index (χ0n) is 7.26. The second-order valence-electron chi connectivity index (χ2n) is 2.42. The highest BCUT2D eigenvalue weighted by Gasteiger charge is 1.96. The quantitative estimate of drug-likeness (QED) is 0.655. The van der Waals surface area contributed by atoms with Crippen molar-refractivity contribution in [3.8, 4) is 11.8 Å². The van der Waals surface area contributed by atoms with Crippen molar-refractivity contribution < 1.29 is 0 Å². The Hall–Kier alpha value is -1.24. The van der Waals surface area contributed by atoms with E-state index >= 15 is 0 Å². The fourth-order valence-electron chi connectivity index (χ4n) is 0.765. The standard InChI is InChI=1S/C9H10ClN3/c1-12-4-2-3-7-6-13-9(11)5-8(7)10/h5-6,12H,4H2,1H3,(H2,11,13). The van der Waals surface area contributed by atoms with Gasteiger partial charge in [0, 0.05) is 12.3 Å². The Bertz CT molecular complexity index is 352. The van der Waals surface area contributed by atoms with Crippen LogP contribution < -0.4 is 11.1 Å². The van der Waals surface area contributed by atoms with E-state index < -0.39 is 0 Å². The van der Waals surface area contributed by atoms with E-state index in [1.165, 1.54) is 0 Å². The molecule has 0 bridgehead atoms. The first-order valence-electron chi connectivity index (χ1n) is 3.78. The van der Waals surface area contributed by atoms with E-state index in [1.807, 2.05) is 7.05 Å². The van der Waals surface area contributed by atoms with Gasteiger partial charge in [-0.1, -0.05) is 23.4 Å². The Morgan fingerprint density at radius 2 is 2.46 bits per heavy atom. The SMILES string of the molecule is CNCC#Cc1cnc(N)cc1Cl. The Labute approximate surface area is 82.3 Å². The average molecular weight is 196 g/mol. The van der Waals surface area contributed by atoms with Crippen molar-refractivity contribution in [1.29, 1.82) is 0 Å². The minimum atomic E-state index is 0.407. The number of rotatable bonds is 1. The predicted octanol–water partition coefficient (Wildman–Crippen LogP) is 0.888. The molecule has 0 saturated carbocycles. The molecule has 0 aliphatic carbocycles. The second kappa shape index (κ2) is 4.70. The number of pyridine rings is 1. The van der Waals surface area contributed by atoms with Gasteiger partial charge >= 0.3 is 0 Å². The third-order valence-electron chi connectivity index (χ3n) is 1.36. The maximum Gasteiger partial charge on any atom is 0.124 e. The second-order valence-corrected chi connectivity index (χ2v) is 2.83. The molecule has 1 heterocycles. The summed E-state index contributed by atoms with van der Waals surface area (Å²) >= 11 is 5.87. The zero-order chi connectivity index (χ0) is 9.68. The zero-order valence-corrected chi connectivity index (χ0v) is 8.02. The Morgan fingerprint density at radius 1 is 1.69 bits per heavy atom. The molecule has 0 saturated heterocycles. The topological polar surface area (TPSA) is 50.9 Å². The van der Waals surface area contributed by atoms with Gasteiger partial charge < -0.3 is 11.1 Å². The number of aromatic nitrogens is 1. The maximum atomic E-state index is 5.87. The predicted molar refractivity (Wildman–Crippen MR) is 54.5 cm³/mol. The summed E-state index contributed by atoms with van der Waals surface area (Å²) in [5.41, 5.74) is 6.13. The molecule has 13 heavy (non-hydrogen) atoms. The minimum absolute atomic E-state index is 0.407. The summed E-state index contributed by atoms with van der Waals surface area (Å²) in [6.07, 6.45) is 1.57. The monoisotopic (exact) mass is 195 g/mol. The van der Waals surface area contributed by atoms with E-state index in [0.717, 1.165) is 0 Å². The molecular weight excluding hydrogens is 186 g/mol. The molecule has 0 amide bonds. The number of hydrogen-bond acceptors (Lipinski definition) is 3. The summed E-state index contributed by atoms with van der Waals surface area (Å²) in [7, 11) is 1.83. The van der Waals surface area contributed by atoms with Crippen LogP contribution in [0.15, 0.2) is 12.3 Å². The van der Waals surface area contributed by atoms with Crippen molar-refractivity contribution in [2.75, 3.05) is 19.3 Å². The van der Waals surface area contributed by atoms with E-state index in [0.29, 0.717) is 22.9 Å². The fourth-order valence-corrected chi connectivity index (χ4v) is 0.973. The molecule has 0 aliphatic heterocycles. The fraction of sp³-hybridized carbons (Fsp3) is 0.222. The van der Waals surface area contributed by atoms with Crippen molar-refractivity contribution >= 4 is 17.4 Å². The van der Waals surface area contributed by atoms with Gasteiger partial charge in [0.05, 0.1) is 17.1 Å². The lowest BCUT2D eigenvalue weighted by Crippen LogP contribution is -2.04. The summed E-state index contributed by atoms with van der Waals surface area (Å²) in [4.78, 5) is 3.89. The third kappa shape index (κ3) is 2.94. The van der Waals surface area contributed by atoms with Gasteiger partial charge in [-0.3, -0.25) is 0 Å². The molecule has 0 spiro atoms. The lowest BCUT2D eigenvalue weighted by molar-refractivity contribution is 0.938. The van der Waals surface area contributed by atoms with Crippen LogP contribution >= 0.6 is 11.6 Å². The van der Waals surface area contributed by atoms with Crippen LogP contribution in [0.3, 0.4) is 0 Å². The third-order valence-corrected chi connectivity index (χ3v) is 1.68. The van der Waals surface area contributed by atoms with Crippen molar-refractivity contribution in [2.24, 2.45) is 0 Å². The van der Waals surface area contributed by atoms with Gasteiger partial charge in [0.15, 0.2) is 0 Å². The molecule has 1 aromatic rings. The highest BCUT2D eigenvalue weighted by molar-refractivity contribution is 6.31. The van der Waals surface area contributed by atoms with E-state index in [9.17, 15) is 0 Å². The molecule has 0 radical (unpaired) electrons. The van der Waals surface area contributed by atoms with Crippen LogP contribution in [0.4, 0.5) is 5.82 Å². The van der Waals surface area contributed by atoms with E-state index in [2.05, 4.69) is 22.1 Å². The summed E-state index contributed by atoms with van der Waals surface area (Å²) in [6.45, 7) is 0.626. The Balaban J connectivity index is 2.85. The number of hydrogen-bond donors (Lipinski definition) is 2. The van der Waals surface area contributed by atoms with Crippen LogP contribution in [0.2, 0.25) is 5.02 Å². The van der Waals surface area contributed by atoms with Crippen LogP contribution in [0.1, 0.15) is 5.56 Å².